The van der Waals surface area contributed by atoms with Crippen molar-refractivity contribution >= 4 is 17.9 Å². The summed E-state index contributed by atoms with van der Waals surface area (Å²) in [5.74, 6) is 0.549. The molecule has 0 radical (unpaired) electrons. The second-order valence-corrected chi connectivity index (χ2v) is 6.38. The quantitative estimate of drug-likeness (QED) is 0.747. The fourth-order valence-electron chi connectivity index (χ4n) is 3.00. The van der Waals surface area contributed by atoms with E-state index in [4.69, 9.17) is 9.47 Å². The van der Waals surface area contributed by atoms with Crippen molar-refractivity contribution in [1.29, 1.82) is 0 Å². The predicted octanol–water partition coefficient (Wildman–Crippen LogP) is 2.67. The molecule has 0 bridgehead atoms. The summed E-state index contributed by atoms with van der Waals surface area (Å²) in [4.78, 5) is 23.8. The van der Waals surface area contributed by atoms with E-state index in [1.54, 1.807) is 13.2 Å². The molecule has 2 amide bonds. The van der Waals surface area contributed by atoms with Crippen molar-refractivity contribution in [3.05, 3.63) is 29.8 Å². The summed E-state index contributed by atoms with van der Waals surface area (Å²) in [6, 6.07) is 5.72. The first-order valence-electron chi connectivity index (χ1n) is 9.12. The molecule has 1 saturated carbocycles. The number of carbonyl (C=O) groups excluding carboxylic acids is 2. The van der Waals surface area contributed by atoms with Crippen molar-refractivity contribution in [2.45, 2.75) is 45.1 Å². The summed E-state index contributed by atoms with van der Waals surface area (Å²) in [5.41, 5.74) is 0.987. The zero-order chi connectivity index (χ0) is 18.8. The Morgan fingerprint density at radius 2 is 1.92 bits per heavy atom. The maximum atomic E-state index is 11.9. The normalized spacial score (nSPS) is 14.8. The van der Waals surface area contributed by atoms with E-state index >= 15 is 0 Å². The molecule has 6 nitrogen and oxygen atoms in total. The minimum Gasteiger partial charge on any atom is -0.493 e. The molecule has 0 aliphatic heterocycles. The molecule has 1 aliphatic rings. The van der Waals surface area contributed by atoms with Crippen LogP contribution in [0.1, 0.15) is 44.6 Å². The molecule has 0 saturated heterocycles. The summed E-state index contributed by atoms with van der Waals surface area (Å²) in [7, 11) is 1.55. The van der Waals surface area contributed by atoms with Crippen LogP contribution in [0, 0.1) is 0 Å². The van der Waals surface area contributed by atoms with E-state index in [9.17, 15) is 9.59 Å². The van der Waals surface area contributed by atoms with Gasteiger partial charge in [0.1, 0.15) is 0 Å². The summed E-state index contributed by atoms with van der Waals surface area (Å²) in [5, 5.41) is 5.55. The first-order chi connectivity index (χ1) is 12.6. The smallest absolute Gasteiger partial charge is 0.258 e. The van der Waals surface area contributed by atoms with Crippen LogP contribution in [0.5, 0.6) is 11.5 Å². The molecule has 2 N–H and O–H groups in total. The van der Waals surface area contributed by atoms with E-state index in [1.807, 2.05) is 31.2 Å². The van der Waals surface area contributed by atoms with Crippen molar-refractivity contribution < 1.29 is 19.1 Å². The lowest BCUT2D eigenvalue weighted by atomic mass is 9.95. The fourth-order valence-corrected chi connectivity index (χ4v) is 3.00. The summed E-state index contributed by atoms with van der Waals surface area (Å²) in [6.45, 7) is 1.73. The van der Waals surface area contributed by atoms with Crippen molar-refractivity contribution in [3.63, 3.8) is 0 Å². The highest BCUT2D eigenvalue weighted by Gasteiger charge is 2.16. The number of rotatable bonds is 8. The minimum absolute atomic E-state index is 0.0317. The first kappa shape index (κ1) is 19.8. The van der Waals surface area contributed by atoms with E-state index in [1.165, 1.54) is 6.42 Å². The lowest BCUT2D eigenvalue weighted by Gasteiger charge is -2.22. The standard InChI is InChI=1S/C20H28N2O4/c1-3-7-15-10-11-17(18(12-15)25-2)26-14-20(24)21-13-19(23)22-16-8-5-4-6-9-16/h3,7,10-12,16H,4-6,8-9,13-14H2,1-2H3,(H,21,24)(H,22,23)/b7-3+. The third-order valence-corrected chi connectivity index (χ3v) is 4.32. The highest BCUT2D eigenvalue weighted by atomic mass is 16.5. The molecule has 2 rings (SSSR count). The average Bonchev–Trinajstić information content (AvgIpc) is 2.66. The molecule has 1 aromatic carbocycles. The number of hydrogen-bond donors (Lipinski definition) is 2. The number of nitrogens with one attached hydrogen (secondary N) is 2. The van der Waals surface area contributed by atoms with Crippen LogP contribution < -0.4 is 20.1 Å². The minimum atomic E-state index is -0.344. The molecule has 0 heterocycles. The summed E-state index contributed by atoms with van der Waals surface area (Å²) >= 11 is 0. The van der Waals surface area contributed by atoms with Gasteiger partial charge in [0.2, 0.25) is 5.91 Å². The van der Waals surface area contributed by atoms with Gasteiger partial charge < -0.3 is 20.1 Å². The molecule has 1 aliphatic carbocycles. The van der Waals surface area contributed by atoms with Crippen LogP contribution in [0.4, 0.5) is 0 Å². The van der Waals surface area contributed by atoms with Gasteiger partial charge in [0.25, 0.3) is 5.91 Å². The maximum Gasteiger partial charge on any atom is 0.258 e. The monoisotopic (exact) mass is 360 g/mol. The second kappa shape index (κ2) is 10.5. The number of methoxy groups -OCH3 is 1. The van der Waals surface area contributed by atoms with E-state index in [0.717, 1.165) is 31.2 Å². The highest BCUT2D eigenvalue weighted by Crippen LogP contribution is 2.28. The Labute approximate surface area is 154 Å². The van der Waals surface area contributed by atoms with Crippen molar-refractivity contribution in [2.75, 3.05) is 20.3 Å². The molecule has 6 heteroatoms. The van der Waals surface area contributed by atoms with Gasteiger partial charge in [-0.05, 0) is 37.5 Å². The summed E-state index contributed by atoms with van der Waals surface area (Å²) < 4.78 is 10.8. The lowest BCUT2D eigenvalue weighted by molar-refractivity contribution is -0.127. The van der Waals surface area contributed by atoms with Crippen LogP contribution in [0.25, 0.3) is 6.08 Å². The van der Waals surface area contributed by atoms with Crippen LogP contribution in [-0.4, -0.2) is 38.1 Å². The number of carbonyl (C=O) groups is 2. The van der Waals surface area contributed by atoms with Crippen LogP contribution in [0.2, 0.25) is 0 Å². The van der Waals surface area contributed by atoms with Crippen LogP contribution in [-0.2, 0) is 9.59 Å². The number of hydrogen-bond acceptors (Lipinski definition) is 4. The number of ether oxygens (including phenoxy) is 2. The molecule has 142 valence electrons. The third-order valence-electron chi connectivity index (χ3n) is 4.32. The molecule has 1 fully saturated rings. The molecular weight excluding hydrogens is 332 g/mol. The van der Waals surface area contributed by atoms with Gasteiger partial charge in [-0.25, -0.2) is 0 Å². The largest absolute Gasteiger partial charge is 0.493 e. The Kier molecular flexibility index (Phi) is 7.99. The zero-order valence-corrected chi connectivity index (χ0v) is 15.5. The van der Waals surface area contributed by atoms with Gasteiger partial charge in [0.15, 0.2) is 18.1 Å². The molecular formula is C20H28N2O4. The van der Waals surface area contributed by atoms with Gasteiger partial charge in [-0.2, -0.15) is 0 Å². The molecule has 0 spiro atoms. The first-order valence-corrected chi connectivity index (χ1v) is 9.12. The van der Waals surface area contributed by atoms with Gasteiger partial charge in [-0.3, -0.25) is 9.59 Å². The van der Waals surface area contributed by atoms with Gasteiger partial charge in [-0.15, -0.1) is 0 Å². The average molecular weight is 360 g/mol. The maximum absolute atomic E-state index is 11.9. The second-order valence-electron chi connectivity index (χ2n) is 6.38. The SMILES string of the molecule is C/C=C/c1ccc(OCC(=O)NCC(=O)NC2CCCCC2)c(OC)c1. The van der Waals surface area contributed by atoms with Crippen LogP contribution >= 0.6 is 0 Å². The molecule has 26 heavy (non-hydrogen) atoms. The van der Waals surface area contributed by atoms with Gasteiger partial charge in [0.05, 0.1) is 13.7 Å². The Morgan fingerprint density at radius 3 is 2.62 bits per heavy atom. The summed E-state index contributed by atoms with van der Waals surface area (Å²) in [6.07, 6.45) is 9.46. The van der Waals surface area contributed by atoms with E-state index in [0.29, 0.717) is 11.5 Å². The number of benzene rings is 1. The van der Waals surface area contributed by atoms with Crippen LogP contribution in [0.15, 0.2) is 24.3 Å². The van der Waals surface area contributed by atoms with Crippen molar-refractivity contribution in [2.24, 2.45) is 0 Å². The van der Waals surface area contributed by atoms with Crippen LogP contribution in [0.3, 0.4) is 0 Å². The lowest BCUT2D eigenvalue weighted by Crippen LogP contribution is -2.43. The van der Waals surface area contributed by atoms with Gasteiger partial charge in [0, 0.05) is 6.04 Å². The predicted molar refractivity (Wildman–Crippen MR) is 101 cm³/mol. The van der Waals surface area contributed by atoms with Gasteiger partial charge >= 0.3 is 0 Å². The zero-order valence-electron chi connectivity index (χ0n) is 15.5. The topological polar surface area (TPSA) is 76.7 Å². The molecule has 0 aromatic heterocycles. The molecule has 0 unspecified atom stereocenters. The van der Waals surface area contributed by atoms with Crippen molar-refractivity contribution in [3.8, 4) is 11.5 Å². The Morgan fingerprint density at radius 1 is 1.15 bits per heavy atom. The number of allylic oxidation sites excluding steroid dienone is 1. The Hall–Kier alpha value is -2.50. The van der Waals surface area contributed by atoms with E-state index in [2.05, 4.69) is 10.6 Å². The number of amides is 2. The molecule has 0 atom stereocenters. The third kappa shape index (κ3) is 6.43. The highest BCUT2D eigenvalue weighted by molar-refractivity contribution is 5.85. The van der Waals surface area contributed by atoms with E-state index in [-0.39, 0.29) is 31.0 Å². The van der Waals surface area contributed by atoms with Crippen molar-refractivity contribution in [1.82, 2.24) is 10.6 Å². The van der Waals surface area contributed by atoms with E-state index < -0.39 is 0 Å². The molecule has 1 aromatic rings. The Balaban J connectivity index is 1.75. The Bertz CT molecular complexity index is 637. The fraction of sp³-hybridized carbons (Fsp3) is 0.500. The van der Waals surface area contributed by atoms with Gasteiger partial charge in [-0.1, -0.05) is 37.5 Å².